The van der Waals surface area contributed by atoms with Crippen molar-refractivity contribution in [1.29, 1.82) is 0 Å². The second kappa shape index (κ2) is 3.74. The summed E-state index contributed by atoms with van der Waals surface area (Å²) in [6, 6.07) is -0.505. The molecule has 0 aromatic heterocycles. The molecule has 1 rings (SSSR count). The highest BCUT2D eigenvalue weighted by Gasteiger charge is 2.34. The van der Waals surface area contributed by atoms with Gasteiger partial charge in [0, 0.05) is 6.04 Å². The normalized spacial score (nSPS) is 18.0. The fraction of sp³-hybridized carbons (Fsp3) is 0.750. The molecule has 0 heterocycles. The highest BCUT2D eigenvalue weighted by molar-refractivity contribution is 5.85. The number of carbonyl (C=O) groups is 2. The first kappa shape index (κ1) is 9.98. The molecule has 0 aromatic carbocycles. The van der Waals surface area contributed by atoms with E-state index in [1.165, 1.54) is 4.90 Å². The maximum atomic E-state index is 11.4. The molecule has 1 aliphatic rings. The highest BCUT2D eigenvalue weighted by Crippen LogP contribution is 2.26. The van der Waals surface area contributed by atoms with E-state index in [1.54, 1.807) is 6.92 Å². The number of hydrogen-bond donors (Lipinski definition) is 2. The van der Waals surface area contributed by atoms with Gasteiger partial charge in [-0.3, -0.25) is 9.59 Å². The van der Waals surface area contributed by atoms with Gasteiger partial charge in [0.1, 0.15) is 6.54 Å². The molecule has 74 valence electrons. The number of rotatable bonds is 4. The van der Waals surface area contributed by atoms with Crippen molar-refractivity contribution in [1.82, 2.24) is 4.90 Å². The lowest BCUT2D eigenvalue weighted by Crippen LogP contribution is -2.45. The van der Waals surface area contributed by atoms with Crippen molar-refractivity contribution in [2.75, 3.05) is 6.54 Å². The summed E-state index contributed by atoms with van der Waals surface area (Å²) in [6.45, 7) is 1.34. The Kier molecular flexibility index (Phi) is 2.87. The summed E-state index contributed by atoms with van der Waals surface area (Å²) in [7, 11) is 0. The molecule has 0 aromatic rings. The SMILES string of the molecule is CC(N)C(=O)N(CC(=O)O)C1CC1. The quantitative estimate of drug-likeness (QED) is 0.614. The van der Waals surface area contributed by atoms with Gasteiger partial charge in [-0.1, -0.05) is 0 Å². The van der Waals surface area contributed by atoms with Crippen molar-refractivity contribution in [3.05, 3.63) is 0 Å². The van der Waals surface area contributed by atoms with Crippen molar-refractivity contribution >= 4 is 11.9 Å². The van der Waals surface area contributed by atoms with Crippen LogP contribution < -0.4 is 5.73 Å². The van der Waals surface area contributed by atoms with Crippen molar-refractivity contribution < 1.29 is 14.7 Å². The zero-order chi connectivity index (χ0) is 10.0. The predicted molar refractivity (Wildman–Crippen MR) is 46.0 cm³/mol. The summed E-state index contributed by atoms with van der Waals surface area (Å²) in [5, 5.41) is 8.56. The van der Waals surface area contributed by atoms with Crippen LogP contribution in [0.4, 0.5) is 0 Å². The second-order valence-electron chi connectivity index (χ2n) is 3.38. The maximum Gasteiger partial charge on any atom is 0.323 e. The number of carboxylic acid groups (broad SMARTS) is 1. The third kappa shape index (κ3) is 2.69. The molecular weight excluding hydrogens is 172 g/mol. The highest BCUT2D eigenvalue weighted by atomic mass is 16.4. The van der Waals surface area contributed by atoms with Crippen LogP contribution in [0.2, 0.25) is 0 Å². The van der Waals surface area contributed by atoms with Crippen LogP contribution in [-0.4, -0.2) is 40.5 Å². The molecule has 0 aliphatic heterocycles. The molecule has 0 radical (unpaired) electrons. The first-order valence-electron chi connectivity index (χ1n) is 4.30. The van der Waals surface area contributed by atoms with Crippen LogP contribution in [0.3, 0.4) is 0 Å². The molecule has 3 N–H and O–H groups in total. The number of carbonyl (C=O) groups excluding carboxylic acids is 1. The minimum absolute atomic E-state index is 0.106. The summed E-state index contributed by atoms with van der Waals surface area (Å²) in [5.74, 6) is -1.26. The molecule has 1 fully saturated rings. The summed E-state index contributed by atoms with van der Waals surface area (Å²) in [6.07, 6.45) is 1.79. The molecule has 1 aliphatic carbocycles. The lowest BCUT2D eigenvalue weighted by Gasteiger charge is -2.21. The molecule has 0 spiro atoms. The van der Waals surface area contributed by atoms with E-state index in [-0.39, 0.29) is 18.5 Å². The maximum absolute atomic E-state index is 11.4. The fourth-order valence-corrected chi connectivity index (χ4v) is 1.18. The minimum atomic E-state index is -0.985. The van der Waals surface area contributed by atoms with E-state index in [2.05, 4.69) is 0 Å². The standard InChI is InChI=1S/C8H14N2O3/c1-5(9)8(13)10(4-7(11)12)6-2-3-6/h5-6H,2-4,9H2,1H3,(H,11,12). The molecule has 1 amide bonds. The van der Waals surface area contributed by atoms with E-state index in [9.17, 15) is 9.59 Å². The van der Waals surface area contributed by atoms with Crippen LogP contribution in [0.25, 0.3) is 0 Å². The van der Waals surface area contributed by atoms with Gasteiger partial charge in [0.2, 0.25) is 5.91 Å². The Morgan fingerprint density at radius 2 is 2.15 bits per heavy atom. The summed E-state index contributed by atoms with van der Waals surface area (Å²) in [5.41, 5.74) is 5.39. The average Bonchev–Trinajstić information content (AvgIpc) is 2.80. The summed E-state index contributed by atoms with van der Waals surface area (Å²) >= 11 is 0. The largest absolute Gasteiger partial charge is 0.480 e. The number of nitrogens with zero attached hydrogens (tertiary/aromatic N) is 1. The number of nitrogens with two attached hydrogens (primary N) is 1. The van der Waals surface area contributed by atoms with Gasteiger partial charge in [-0.05, 0) is 19.8 Å². The fourth-order valence-electron chi connectivity index (χ4n) is 1.18. The summed E-state index contributed by atoms with van der Waals surface area (Å²) < 4.78 is 0. The Hall–Kier alpha value is -1.10. The topological polar surface area (TPSA) is 83.6 Å². The first-order chi connectivity index (χ1) is 6.02. The van der Waals surface area contributed by atoms with Crippen molar-refractivity contribution in [2.24, 2.45) is 5.73 Å². The molecule has 0 saturated heterocycles. The lowest BCUT2D eigenvalue weighted by molar-refractivity contribution is -0.145. The monoisotopic (exact) mass is 186 g/mol. The molecular formula is C8H14N2O3. The smallest absolute Gasteiger partial charge is 0.323 e. The Balaban J connectivity index is 2.56. The van der Waals surface area contributed by atoms with Crippen molar-refractivity contribution in [3.8, 4) is 0 Å². The number of aliphatic carboxylic acids is 1. The predicted octanol–water partition coefficient (Wildman–Crippen LogP) is -0.591. The Morgan fingerprint density at radius 1 is 1.62 bits per heavy atom. The van der Waals surface area contributed by atoms with Crippen LogP contribution in [0.5, 0.6) is 0 Å². The molecule has 5 heteroatoms. The van der Waals surface area contributed by atoms with E-state index >= 15 is 0 Å². The van der Waals surface area contributed by atoms with Gasteiger partial charge in [0.05, 0.1) is 6.04 Å². The third-order valence-electron chi connectivity index (χ3n) is 1.97. The number of carboxylic acids is 1. The van der Waals surface area contributed by atoms with Gasteiger partial charge in [-0.25, -0.2) is 0 Å². The average molecular weight is 186 g/mol. The molecule has 0 bridgehead atoms. The van der Waals surface area contributed by atoms with Crippen molar-refractivity contribution in [2.45, 2.75) is 31.8 Å². The first-order valence-corrected chi connectivity index (χ1v) is 4.30. The van der Waals surface area contributed by atoms with Crippen LogP contribution in [0.15, 0.2) is 0 Å². The van der Waals surface area contributed by atoms with E-state index in [4.69, 9.17) is 10.8 Å². The van der Waals surface area contributed by atoms with Gasteiger partial charge in [0.25, 0.3) is 0 Å². The lowest BCUT2D eigenvalue weighted by atomic mass is 10.3. The molecule has 5 nitrogen and oxygen atoms in total. The van der Waals surface area contributed by atoms with Crippen LogP contribution in [0, 0.1) is 0 Å². The third-order valence-corrected chi connectivity index (χ3v) is 1.97. The van der Waals surface area contributed by atoms with Crippen LogP contribution >= 0.6 is 0 Å². The van der Waals surface area contributed by atoms with Crippen LogP contribution in [0.1, 0.15) is 19.8 Å². The van der Waals surface area contributed by atoms with Gasteiger partial charge in [-0.15, -0.1) is 0 Å². The van der Waals surface area contributed by atoms with Gasteiger partial charge in [-0.2, -0.15) is 0 Å². The van der Waals surface area contributed by atoms with Gasteiger partial charge < -0.3 is 15.7 Å². The number of amides is 1. The number of hydrogen-bond acceptors (Lipinski definition) is 3. The van der Waals surface area contributed by atoms with Gasteiger partial charge in [0.15, 0.2) is 0 Å². The minimum Gasteiger partial charge on any atom is -0.480 e. The van der Waals surface area contributed by atoms with Crippen LogP contribution in [-0.2, 0) is 9.59 Å². The zero-order valence-corrected chi connectivity index (χ0v) is 7.56. The zero-order valence-electron chi connectivity index (χ0n) is 7.56. The van der Waals surface area contributed by atoms with E-state index in [0.717, 1.165) is 12.8 Å². The Morgan fingerprint density at radius 3 is 2.46 bits per heavy atom. The van der Waals surface area contributed by atoms with E-state index in [1.807, 2.05) is 0 Å². The molecule has 1 saturated carbocycles. The summed E-state index contributed by atoms with van der Waals surface area (Å²) in [4.78, 5) is 23.2. The van der Waals surface area contributed by atoms with E-state index < -0.39 is 12.0 Å². The second-order valence-corrected chi connectivity index (χ2v) is 3.38. The Labute approximate surface area is 76.5 Å². The molecule has 1 atom stereocenters. The Bertz CT molecular complexity index is 223. The van der Waals surface area contributed by atoms with Crippen molar-refractivity contribution in [3.63, 3.8) is 0 Å². The molecule has 13 heavy (non-hydrogen) atoms. The van der Waals surface area contributed by atoms with E-state index in [0.29, 0.717) is 0 Å². The molecule has 1 unspecified atom stereocenters. The van der Waals surface area contributed by atoms with Gasteiger partial charge >= 0.3 is 5.97 Å².